The number of fused-ring (bicyclic) bond motifs is 3. The number of phenolic OH excluding ortho intramolecular Hbond substituents is 1. The van der Waals surface area contributed by atoms with Crippen LogP contribution in [0.2, 0.25) is 0 Å². The van der Waals surface area contributed by atoms with Crippen LogP contribution in [0.5, 0.6) is 11.5 Å². The first kappa shape index (κ1) is 18.9. The lowest BCUT2D eigenvalue weighted by Gasteiger charge is -2.25. The van der Waals surface area contributed by atoms with Crippen molar-refractivity contribution in [3.63, 3.8) is 0 Å². The quantitative estimate of drug-likeness (QED) is 0.578. The van der Waals surface area contributed by atoms with E-state index in [4.69, 9.17) is 9.47 Å². The molecule has 29 heavy (non-hydrogen) atoms. The van der Waals surface area contributed by atoms with Gasteiger partial charge in [0.25, 0.3) is 0 Å². The minimum absolute atomic E-state index is 0.0556. The van der Waals surface area contributed by atoms with Crippen LogP contribution in [-0.2, 0) is 10.9 Å². The number of carbonyl (C=O) groups is 1. The van der Waals surface area contributed by atoms with Crippen LogP contribution in [-0.4, -0.2) is 18.2 Å². The Morgan fingerprint density at radius 2 is 1.83 bits per heavy atom. The van der Waals surface area contributed by atoms with Crippen LogP contribution in [0.15, 0.2) is 54.6 Å². The van der Waals surface area contributed by atoms with Crippen molar-refractivity contribution in [3.8, 4) is 11.5 Å². The number of aromatic hydroxyl groups is 1. The molecule has 0 saturated carbocycles. The molecule has 0 aliphatic carbocycles. The summed E-state index contributed by atoms with van der Waals surface area (Å²) in [6.07, 6.45) is -2.16. The topological polar surface area (TPSA) is 55.8 Å². The molecule has 1 N–H and O–H groups in total. The van der Waals surface area contributed by atoms with Gasteiger partial charge in [0.05, 0.1) is 12.7 Å². The molecule has 7 heteroatoms. The van der Waals surface area contributed by atoms with Gasteiger partial charge in [-0.3, -0.25) is 0 Å². The zero-order valence-electron chi connectivity index (χ0n) is 15.2. The predicted octanol–water partition coefficient (Wildman–Crippen LogP) is 5.50. The average molecular weight is 400 g/mol. The summed E-state index contributed by atoms with van der Waals surface area (Å²) in [5.74, 6) is -0.684. The van der Waals surface area contributed by atoms with Gasteiger partial charge in [-0.2, -0.15) is 13.2 Å². The van der Waals surface area contributed by atoms with Crippen molar-refractivity contribution in [1.82, 2.24) is 0 Å². The second-order valence-electron chi connectivity index (χ2n) is 6.52. The van der Waals surface area contributed by atoms with Crippen LogP contribution in [0.25, 0.3) is 16.8 Å². The van der Waals surface area contributed by atoms with E-state index in [2.05, 4.69) is 0 Å². The van der Waals surface area contributed by atoms with Crippen LogP contribution >= 0.6 is 0 Å². The van der Waals surface area contributed by atoms with Crippen molar-refractivity contribution in [2.45, 2.75) is 12.3 Å². The number of methoxy groups -OCH3 is 1. The Bertz CT molecular complexity index is 1150. The molecular formula is C22H15F3O4. The highest BCUT2D eigenvalue weighted by atomic mass is 19.4. The van der Waals surface area contributed by atoms with E-state index in [9.17, 15) is 23.1 Å². The maximum atomic E-state index is 13.1. The summed E-state index contributed by atoms with van der Waals surface area (Å²) >= 11 is 0. The summed E-state index contributed by atoms with van der Waals surface area (Å²) in [6, 6.07) is 11.6. The van der Waals surface area contributed by atoms with Gasteiger partial charge >= 0.3 is 12.1 Å². The highest BCUT2D eigenvalue weighted by molar-refractivity contribution is 6.08. The average Bonchev–Trinajstić information content (AvgIpc) is 2.73. The lowest BCUT2D eigenvalue weighted by atomic mass is 9.94. The third-order valence-electron chi connectivity index (χ3n) is 4.79. The Labute approximate surface area is 163 Å². The minimum atomic E-state index is -4.47. The van der Waals surface area contributed by atoms with Crippen molar-refractivity contribution in [1.29, 1.82) is 0 Å². The number of phenols is 1. The molecule has 0 spiro atoms. The smallest absolute Gasteiger partial charge is 0.416 e. The van der Waals surface area contributed by atoms with Crippen molar-refractivity contribution in [2.75, 3.05) is 7.11 Å². The molecule has 0 radical (unpaired) electrons. The fourth-order valence-electron chi connectivity index (χ4n) is 3.42. The molecule has 1 atom stereocenters. The van der Waals surface area contributed by atoms with Crippen LogP contribution in [0.3, 0.4) is 0 Å². The van der Waals surface area contributed by atoms with Crippen LogP contribution in [0.4, 0.5) is 13.2 Å². The number of esters is 1. The molecule has 3 aromatic carbocycles. The van der Waals surface area contributed by atoms with Gasteiger partial charge in [-0.05, 0) is 23.8 Å². The van der Waals surface area contributed by atoms with Gasteiger partial charge in [0.2, 0.25) is 0 Å². The maximum Gasteiger partial charge on any atom is 0.416 e. The van der Waals surface area contributed by atoms with Crippen molar-refractivity contribution < 1.29 is 32.5 Å². The van der Waals surface area contributed by atoms with Gasteiger partial charge in [0.1, 0.15) is 23.2 Å². The summed E-state index contributed by atoms with van der Waals surface area (Å²) in [5, 5.41) is 11.5. The molecule has 3 aromatic rings. The SMILES string of the molecule is COC(=O)c1c2c(c3ccccc3c1O)OC(c1cccc(C(F)(F)F)c1)C=C2. The number of carbonyl (C=O) groups excluding carboxylic acids is 1. The van der Waals surface area contributed by atoms with Gasteiger partial charge < -0.3 is 14.6 Å². The van der Waals surface area contributed by atoms with E-state index >= 15 is 0 Å². The van der Waals surface area contributed by atoms with E-state index in [1.54, 1.807) is 42.5 Å². The highest BCUT2D eigenvalue weighted by Gasteiger charge is 2.32. The number of alkyl halides is 3. The number of halogens is 3. The molecule has 0 fully saturated rings. The summed E-state index contributed by atoms with van der Waals surface area (Å²) in [6.45, 7) is 0. The number of hydrogen-bond donors (Lipinski definition) is 1. The van der Waals surface area contributed by atoms with Crippen LogP contribution < -0.4 is 4.74 Å². The second kappa shape index (κ2) is 6.84. The molecule has 1 unspecified atom stereocenters. The van der Waals surface area contributed by atoms with Gasteiger partial charge in [-0.1, -0.05) is 42.5 Å². The molecular weight excluding hydrogens is 385 g/mol. The number of ether oxygens (including phenoxy) is 2. The molecule has 148 valence electrons. The largest absolute Gasteiger partial charge is 0.506 e. The number of benzene rings is 3. The fourth-order valence-corrected chi connectivity index (χ4v) is 3.42. The van der Waals surface area contributed by atoms with E-state index in [-0.39, 0.29) is 11.3 Å². The molecule has 0 aromatic heterocycles. The molecule has 0 amide bonds. The van der Waals surface area contributed by atoms with Gasteiger partial charge in [0.15, 0.2) is 0 Å². The third kappa shape index (κ3) is 3.18. The van der Waals surface area contributed by atoms with Gasteiger partial charge in [0, 0.05) is 16.3 Å². The summed E-state index contributed by atoms with van der Waals surface area (Å²) in [5.41, 5.74) is -0.196. The Hall–Kier alpha value is -3.48. The van der Waals surface area contributed by atoms with Crippen LogP contribution in [0.1, 0.15) is 33.2 Å². The Morgan fingerprint density at radius 1 is 1.10 bits per heavy atom. The molecule has 1 aliphatic heterocycles. The zero-order chi connectivity index (χ0) is 20.8. The maximum absolute atomic E-state index is 13.1. The fraction of sp³-hybridized carbons (Fsp3) is 0.136. The molecule has 1 heterocycles. The predicted molar refractivity (Wildman–Crippen MR) is 101 cm³/mol. The standard InChI is InChI=1S/C22H15F3O4/c1-28-21(27)18-16-9-10-17(12-5-4-6-13(11-12)22(23,24)25)29-20(16)15-8-3-2-7-14(15)19(18)26/h2-11,17,26H,1H3. The third-order valence-corrected chi connectivity index (χ3v) is 4.79. The Kier molecular flexibility index (Phi) is 4.45. The first-order valence-corrected chi connectivity index (χ1v) is 8.69. The van der Waals surface area contributed by atoms with E-state index in [0.717, 1.165) is 12.1 Å². The zero-order valence-corrected chi connectivity index (χ0v) is 15.2. The lowest BCUT2D eigenvalue weighted by Crippen LogP contribution is -2.14. The first-order chi connectivity index (χ1) is 13.8. The lowest BCUT2D eigenvalue weighted by molar-refractivity contribution is -0.137. The molecule has 4 nitrogen and oxygen atoms in total. The molecule has 1 aliphatic rings. The number of rotatable bonds is 2. The molecule has 4 rings (SSSR count). The highest BCUT2D eigenvalue weighted by Crippen LogP contribution is 2.45. The Balaban J connectivity index is 1.88. The van der Waals surface area contributed by atoms with E-state index < -0.39 is 23.8 Å². The van der Waals surface area contributed by atoms with Crippen molar-refractivity contribution >= 4 is 22.8 Å². The van der Waals surface area contributed by atoms with Crippen molar-refractivity contribution in [3.05, 3.63) is 76.9 Å². The second-order valence-corrected chi connectivity index (χ2v) is 6.52. The summed E-state index contributed by atoms with van der Waals surface area (Å²) < 4.78 is 50.0. The van der Waals surface area contributed by atoms with Gasteiger partial charge in [-0.15, -0.1) is 0 Å². The normalized spacial score (nSPS) is 15.7. The van der Waals surface area contributed by atoms with E-state index in [1.165, 1.54) is 13.2 Å². The number of hydrogen-bond acceptors (Lipinski definition) is 4. The van der Waals surface area contributed by atoms with Gasteiger partial charge in [-0.25, -0.2) is 4.79 Å². The monoisotopic (exact) mass is 400 g/mol. The first-order valence-electron chi connectivity index (χ1n) is 8.69. The molecule has 0 bridgehead atoms. The summed E-state index contributed by atoms with van der Waals surface area (Å²) in [4.78, 5) is 12.3. The van der Waals surface area contributed by atoms with E-state index in [0.29, 0.717) is 27.6 Å². The van der Waals surface area contributed by atoms with Crippen LogP contribution in [0, 0.1) is 0 Å². The summed E-state index contributed by atoms with van der Waals surface area (Å²) in [7, 11) is 1.20. The Morgan fingerprint density at radius 3 is 2.52 bits per heavy atom. The minimum Gasteiger partial charge on any atom is -0.506 e. The van der Waals surface area contributed by atoms with E-state index in [1.807, 2.05) is 0 Å². The van der Waals surface area contributed by atoms with Crippen molar-refractivity contribution in [2.24, 2.45) is 0 Å². The molecule has 0 saturated heterocycles.